The van der Waals surface area contributed by atoms with Gasteiger partial charge in [-0.25, -0.2) is 4.39 Å². The number of carbonyl (C=O) groups is 4. The van der Waals surface area contributed by atoms with Gasteiger partial charge in [-0.3, -0.25) is 19.2 Å². The molecule has 2 aliphatic rings. The number of para-hydroxylation sites is 1. The van der Waals surface area contributed by atoms with Crippen LogP contribution in [0.5, 0.6) is 5.75 Å². The molecule has 0 radical (unpaired) electrons. The first kappa shape index (κ1) is 29.0. The van der Waals surface area contributed by atoms with Crippen molar-refractivity contribution in [3.8, 4) is 5.75 Å². The number of carbonyl (C=O) groups excluding carboxylic acids is 4. The van der Waals surface area contributed by atoms with Crippen LogP contribution >= 0.6 is 0 Å². The van der Waals surface area contributed by atoms with Gasteiger partial charge in [0.05, 0.1) is 25.1 Å². The smallest absolute Gasteiger partial charge is 0.255 e. The van der Waals surface area contributed by atoms with Gasteiger partial charge in [-0.05, 0) is 42.7 Å². The van der Waals surface area contributed by atoms with Crippen molar-refractivity contribution in [2.75, 3.05) is 53.6 Å². The summed E-state index contributed by atoms with van der Waals surface area (Å²) in [5, 5.41) is 5.59. The van der Waals surface area contributed by atoms with Crippen molar-refractivity contribution in [1.29, 1.82) is 0 Å². The molecule has 0 aromatic heterocycles. The molecular formula is C29H35FN4O6. The van der Waals surface area contributed by atoms with Crippen LogP contribution in [0.4, 0.5) is 4.39 Å². The molecular weight excluding hydrogens is 519 g/mol. The lowest BCUT2D eigenvalue weighted by Crippen LogP contribution is -2.53. The van der Waals surface area contributed by atoms with Crippen LogP contribution in [-0.2, 0) is 24.5 Å². The Hall–Kier alpha value is -3.99. The quantitative estimate of drug-likeness (QED) is 0.592. The number of fused-ring (bicyclic) bond motifs is 1. The second-order valence-electron chi connectivity index (χ2n) is 10.3. The van der Waals surface area contributed by atoms with Gasteiger partial charge in [0.25, 0.3) is 5.91 Å². The summed E-state index contributed by atoms with van der Waals surface area (Å²) < 4.78 is 25.4. The van der Waals surface area contributed by atoms with Crippen LogP contribution in [0.25, 0.3) is 0 Å². The lowest BCUT2D eigenvalue weighted by atomic mass is 9.74. The summed E-state index contributed by atoms with van der Waals surface area (Å²) in [6.07, 6.45) is 0.774. The number of benzene rings is 2. The zero-order chi connectivity index (χ0) is 28.7. The average molecular weight is 555 g/mol. The van der Waals surface area contributed by atoms with Gasteiger partial charge in [0, 0.05) is 39.3 Å². The molecule has 4 amide bonds. The Bertz CT molecular complexity index is 1250. The molecule has 0 saturated carbocycles. The zero-order valence-corrected chi connectivity index (χ0v) is 22.8. The minimum absolute atomic E-state index is 0.139. The van der Waals surface area contributed by atoms with Crippen LogP contribution in [-0.4, -0.2) is 93.0 Å². The van der Waals surface area contributed by atoms with E-state index in [-0.39, 0.29) is 49.9 Å². The summed E-state index contributed by atoms with van der Waals surface area (Å²) in [5.41, 5.74) is 0.378. The molecule has 40 heavy (non-hydrogen) atoms. The molecule has 11 heteroatoms. The summed E-state index contributed by atoms with van der Waals surface area (Å²) in [4.78, 5) is 55.2. The fourth-order valence-electron chi connectivity index (χ4n) is 4.91. The number of amides is 4. The molecule has 0 bridgehead atoms. The third-order valence-electron chi connectivity index (χ3n) is 7.53. The van der Waals surface area contributed by atoms with E-state index < -0.39 is 29.2 Å². The van der Waals surface area contributed by atoms with E-state index in [9.17, 15) is 23.6 Å². The summed E-state index contributed by atoms with van der Waals surface area (Å²) in [6, 6.07) is 11.6. The number of likely N-dealkylation sites (N-methyl/N-ethyl adjacent to an activating group) is 2. The van der Waals surface area contributed by atoms with Crippen LogP contribution in [0, 0.1) is 5.82 Å². The molecule has 1 atom stereocenters. The fraction of sp³-hybridized carbons (Fsp3) is 0.448. The lowest BCUT2D eigenvalue weighted by molar-refractivity contribution is -0.140. The van der Waals surface area contributed by atoms with Gasteiger partial charge < -0.3 is 29.9 Å². The van der Waals surface area contributed by atoms with E-state index >= 15 is 0 Å². The molecule has 2 aromatic rings. The first-order chi connectivity index (χ1) is 19.2. The van der Waals surface area contributed by atoms with Gasteiger partial charge in [0.1, 0.15) is 24.2 Å². The van der Waals surface area contributed by atoms with Gasteiger partial charge in [0.2, 0.25) is 17.7 Å². The minimum atomic E-state index is -1.23. The molecule has 0 aliphatic carbocycles. The number of ether oxygens (including phenoxy) is 2. The monoisotopic (exact) mass is 554 g/mol. The molecule has 2 N–H and O–H groups in total. The predicted octanol–water partition coefficient (Wildman–Crippen LogP) is 1.49. The van der Waals surface area contributed by atoms with Crippen molar-refractivity contribution in [1.82, 2.24) is 20.4 Å². The highest BCUT2D eigenvalue weighted by Gasteiger charge is 2.36. The van der Waals surface area contributed by atoms with Crippen molar-refractivity contribution in [3.63, 3.8) is 0 Å². The summed E-state index contributed by atoms with van der Waals surface area (Å²) in [7, 11) is 3.08. The van der Waals surface area contributed by atoms with Crippen LogP contribution in [0.2, 0.25) is 0 Å². The molecule has 4 rings (SSSR count). The molecule has 214 valence electrons. The Morgan fingerprint density at radius 2 is 1.77 bits per heavy atom. The van der Waals surface area contributed by atoms with Gasteiger partial charge in [-0.15, -0.1) is 0 Å². The normalized spacial score (nSPS) is 20.6. The number of nitrogens with zero attached hydrogens (tertiary/aromatic N) is 2. The molecule has 2 aliphatic heterocycles. The van der Waals surface area contributed by atoms with Gasteiger partial charge in [0.15, 0.2) is 0 Å². The second kappa shape index (κ2) is 12.9. The maximum absolute atomic E-state index is 14.1. The van der Waals surface area contributed by atoms with Gasteiger partial charge >= 0.3 is 0 Å². The van der Waals surface area contributed by atoms with Crippen molar-refractivity contribution in [2.45, 2.75) is 30.7 Å². The van der Waals surface area contributed by atoms with E-state index in [1.165, 1.54) is 29.0 Å². The molecule has 2 heterocycles. The minimum Gasteiger partial charge on any atom is -0.491 e. The van der Waals surface area contributed by atoms with Crippen LogP contribution in [0.1, 0.15) is 35.2 Å². The largest absolute Gasteiger partial charge is 0.491 e. The van der Waals surface area contributed by atoms with Crippen LogP contribution in [0.15, 0.2) is 48.5 Å². The topological polar surface area (TPSA) is 117 Å². The molecule has 2 aromatic carbocycles. The molecule has 10 nitrogen and oxygen atoms in total. The van der Waals surface area contributed by atoms with E-state index in [0.29, 0.717) is 31.8 Å². The number of hydrogen-bond acceptors (Lipinski definition) is 6. The second-order valence-corrected chi connectivity index (χ2v) is 10.3. The highest BCUT2D eigenvalue weighted by atomic mass is 19.1. The Balaban J connectivity index is 1.58. The van der Waals surface area contributed by atoms with E-state index in [1.54, 1.807) is 37.4 Å². The lowest BCUT2D eigenvalue weighted by Gasteiger charge is -2.38. The van der Waals surface area contributed by atoms with Crippen molar-refractivity contribution in [3.05, 3.63) is 65.5 Å². The predicted molar refractivity (Wildman–Crippen MR) is 144 cm³/mol. The number of halogens is 1. The zero-order valence-electron chi connectivity index (χ0n) is 22.8. The third kappa shape index (κ3) is 6.95. The van der Waals surface area contributed by atoms with Crippen LogP contribution < -0.4 is 15.4 Å². The molecule has 1 saturated heterocycles. The van der Waals surface area contributed by atoms with Gasteiger partial charge in [-0.1, -0.05) is 24.3 Å². The first-order valence-electron chi connectivity index (χ1n) is 13.3. The van der Waals surface area contributed by atoms with E-state index in [1.807, 2.05) is 6.07 Å². The maximum Gasteiger partial charge on any atom is 0.255 e. The maximum atomic E-state index is 14.1. The molecule has 0 unspecified atom stereocenters. The van der Waals surface area contributed by atoms with E-state index in [2.05, 4.69) is 10.6 Å². The molecule has 1 fully saturated rings. The standard InChI is InChI=1S/C29H35FN4O6/c1-33-12-15-40-24-9-4-3-8-22(24)27(37)32-23(17-25(35)34(2)18-26(33)36)28(38)31-19-29(10-13-39-14-11-29)20-6-5-7-21(30)16-20/h3-9,16,23H,10-15,17-19H2,1-2H3,(H,31,38)(H,32,37)/t23-/m0/s1. The molecule has 0 spiro atoms. The summed E-state index contributed by atoms with van der Waals surface area (Å²) >= 11 is 0. The summed E-state index contributed by atoms with van der Waals surface area (Å²) in [6.45, 7) is 1.29. The van der Waals surface area contributed by atoms with Gasteiger partial charge in [-0.2, -0.15) is 0 Å². The fourth-order valence-corrected chi connectivity index (χ4v) is 4.91. The van der Waals surface area contributed by atoms with Crippen molar-refractivity contribution in [2.24, 2.45) is 0 Å². The Labute approximate surface area is 232 Å². The summed E-state index contributed by atoms with van der Waals surface area (Å²) in [5.74, 6) is -1.97. The van der Waals surface area contributed by atoms with Crippen molar-refractivity contribution >= 4 is 23.6 Å². The highest BCUT2D eigenvalue weighted by Crippen LogP contribution is 2.34. The third-order valence-corrected chi connectivity index (χ3v) is 7.53. The Morgan fingerprint density at radius 1 is 1.02 bits per heavy atom. The van der Waals surface area contributed by atoms with Crippen LogP contribution in [0.3, 0.4) is 0 Å². The number of rotatable bonds is 4. The van der Waals surface area contributed by atoms with E-state index in [0.717, 1.165) is 5.56 Å². The van der Waals surface area contributed by atoms with E-state index in [4.69, 9.17) is 9.47 Å². The van der Waals surface area contributed by atoms with Crippen molar-refractivity contribution < 1.29 is 33.0 Å². The number of hydrogen-bond donors (Lipinski definition) is 2. The highest BCUT2D eigenvalue weighted by molar-refractivity contribution is 6.01. The Kier molecular flexibility index (Phi) is 9.36. The number of nitrogens with one attached hydrogen (secondary N) is 2. The Morgan fingerprint density at radius 3 is 2.52 bits per heavy atom. The first-order valence-corrected chi connectivity index (χ1v) is 13.3. The average Bonchev–Trinajstić information content (AvgIpc) is 2.95. The SMILES string of the molecule is CN1CCOc2ccccc2C(=O)N[C@H](C(=O)NCC2(c3cccc(F)c3)CCOCC2)CC(=O)N(C)CC1=O.